The smallest absolute Gasteiger partial charge is 0.330 e. The van der Waals surface area contributed by atoms with E-state index >= 15 is 0 Å². The molecule has 1 heterocycles. The lowest BCUT2D eigenvalue weighted by atomic mass is 9.54. The van der Waals surface area contributed by atoms with E-state index in [4.69, 9.17) is 4.74 Å². The number of ether oxygens (including phenoxy) is 1. The molecule has 2 aromatic rings. The molecular formula is C18H21NO4S. The molecule has 0 spiro atoms. The van der Waals surface area contributed by atoms with Crippen molar-refractivity contribution in [1.29, 1.82) is 0 Å². The summed E-state index contributed by atoms with van der Waals surface area (Å²) in [6, 6.07) is 7.61. The summed E-state index contributed by atoms with van der Waals surface area (Å²) in [4.78, 5) is 24.7. The maximum atomic E-state index is 12.8. The summed E-state index contributed by atoms with van der Waals surface area (Å²) in [5.74, 6) is -1.37. The normalized spacial score (nSPS) is 25.2. The largest absolute Gasteiger partial charge is 0.479 e. The highest BCUT2D eigenvalue weighted by Gasteiger charge is 2.66. The zero-order chi connectivity index (χ0) is 17.5. The fourth-order valence-electron chi connectivity index (χ4n) is 3.45. The molecule has 3 rings (SSSR count). The van der Waals surface area contributed by atoms with Crippen molar-refractivity contribution < 1.29 is 19.4 Å². The van der Waals surface area contributed by atoms with Crippen LogP contribution in [-0.2, 0) is 9.53 Å². The minimum absolute atomic E-state index is 0.182. The maximum absolute atomic E-state index is 12.8. The topological polar surface area (TPSA) is 75.6 Å². The summed E-state index contributed by atoms with van der Waals surface area (Å²) in [6.45, 7) is 6.06. The summed E-state index contributed by atoms with van der Waals surface area (Å²) in [6.07, 6.45) is 0.0925. The number of rotatable bonds is 5. The summed E-state index contributed by atoms with van der Waals surface area (Å²) in [5.41, 5.74) is -1.48. The van der Waals surface area contributed by atoms with Crippen molar-refractivity contribution in [2.24, 2.45) is 5.41 Å². The number of hydrogen-bond acceptors (Lipinski definition) is 4. The molecule has 0 bridgehead atoms. The lowest BCUT2D eigenvalue weighted by Crippen LogP contribution is -2.76. The van der Waals surface area contributed by atoms with E-state index in [0.29, 0.717) is 12.2 Å². The molecule has 128 valence electrons. The average Bonchev–Trinajstić information content (AvgIpc) is 2.97. The van der Waals surface area contributed by atoms with E-state index in [9.17, 15) is 14.7 Å². The molecule has 1 aromatic heterocycles. The van der Waals surface area contributed by atoms with E-state index in [1.54, 1.807) is 5.38 Å². The van der Waals surface area contributed by atoms with E-state index in [1.165, 1.54) is 11.3 Å². The third-order valence-corrected chi connectivity index (χ3v) is 6.15. The maximum Gasteiger partial charge on any atom is 0.330 e. The van der Waals surface area contributed by atoms with Gasteiger partial charge in [0, 0.05) is 33.9 Å². The number of thiophene rings is 1. The zero-order valence-corrected chi connectivity index (χ0v) is 14.8. The van der Waals surface area contributed by atoms with Crippen molar-refractivity contribution in [2.45, 2.75) is 38.8 Å². The van der Waals surface area contributed by atoms with Gasteiger partial charge >= 0.3 is 5.97 Å². The summed E-state index contributed by atoms with van der Waals surface area (Å²) in [7, 11) is 0. The average molecular weight is 347 g/mol. The Morgan fingerprint density at radius 1 is 1.38 bits per heavy atom. The van der Waals surface area contributed by atoms with E-state index in [2.05, 4.69) is 5.32 Å². The van der Waals surface area contributed by atoms with Crippen LogP contribution in [0, 0.1) is 5.41 Å². The molecule has 2 atom stereocenters. The van der Waals surface area contributed by atoms with E-state index in [-0.39, 0.29) is 18.4 Å². The van der Waals surface area contributed by atoms with Crippen LogP contribution >= 0.6 is 11.3 Å². The van der Waals surface area contributed by atoms with Crippen molar-refractivity contribution in [3.05, 3.63) is 35.2 Å². The predicted octanol–water partition coefficient (Wildman–Crippen LogP) is 3.29. The first-order chi connectivity index (χ1) is 11.3. The lowest BCUT2D eigenvalue weighted by Gasteiger charge is -2.58. The minimum atomic E-state index is -1.31. The first kappa shape index (κ1) is 16.9. The highest BCUT2D eigenvalue weighted by atomic mass is 32.1. The molecule has 1 amide bonds. The van der Waals surface area contributed by atoms with Gasteiger partial charge in [0.25, 0.3) is 5.91 Å². The Balaban J connectivity index is 1.90. The fraction of sp³-hybridized carbons (Fsp3) is 0.444. The molecule has 2 unspecified atom stereocenters. The van der Waals surface area contributed by atoms with Gasteiger partial charge < -0.3 is 15.2 Å². The standard InChI is InChI=1S/C18H21NO4S/c1-4-23-14-9-18(16(21)22,17(14,2)3)19-15(20)12-10-24-13-8-6-5-7-11(12)13/h5-8,10,14H,4,9H2,1-3H3,(H,19,20)(H,21,22). The molecule has 1 aliphatic carbocycles. The van der Waals surface area contributed by atoms with Gasteiger partial charge in [-0.2, -0.15) is 0 Å². The second kappa shape index (κ2) is 5.86. The van der Waals surface area contributed by atoms with Gasteiger partial charge in [-0.3, -0.25) is 4.79 Å². The SMILES string of the molecule is CCOC1CC(NC(=O)c2csc3ccccc23)(C(=O)O)C1(C)C. The molecule has 6 heteroatoms. The third-order valence-electron chi connectivity index (χ3n) is 5.18. The number of fused-ring (bicyclic) bond motifs is 1. The molecule has 1 aromatic carbocycles. The van der Waals surface area contributed by atoms with Gasteiger partial charge in [-0.15, -0.1) is 11.3 Å². The number of benzene rings is 1. The Bertz CT molecular complexity index is 797. The number of hydrogen-bond donors (Lipinski definition) is 2. The van der Waals surface area contributed by atoms with Crippen LogP contribution < -0.4 is 5.32 Å². The molecule has 0 saturated heterocycles. The number of nitrogens with one attached hydrogen (secondary N) is 1. The van der Waals surface area contributed by atoms with Crippen LogP contribution in [0.25, 0.3) is 10.1 Å². The molecule has 1 fully saturated rings. The van der Waals surface area contributed by atoms with Crippen LogP contribution in [0.15, 0.2) is 29.6 Å². The molecule has 5 nitrogen and oxygen atoms in total. The Hall–Kier alpha value is -1.92. The summed E-state index contributed by atoms with van der Waals surface area (Å²) in [5, 5.41) is 15.2. The number of amides is 1. The summed E-state index contributed by atoms with van der Waals surface area (Å²) < 4.78 is 6.64. The molecule has 2 N–H and O–H groups in total. The van der Waals surface area contributed by atoms with Crippen molar-refractivity contribution in [1.82, 2.24) is 5.32 Å². The van der Waals surface area contributed by atoms with Crippen molar-refractivity contribution in [2.75, 3.05) is 6.61 Å². The highest BCUT2D eigenvalue weighted by molar-refractivity contribution is 7.17. The second-order valence-electron chi connectivity index (χ2n) is 6.68. The lowest BCUT2D eigenvalue weighted by molar-refractivity contribution is -0.190. The number of aliphatic carboxylic acids is 1. The van der Waals surface area contributed by atoms with Crippen LogP contribution in [-0.4, -0.2) is 35.2 Å². The molecule has 24 heavy (non-hydrogen) atoms. The number of carboxylic acid groups (broad SMARTS) is 1. The number of carboxylic acids is 1. The fourth-order valence-corrected chi connectivity index (χ4v) is 4.39. The quantitative estimate of drug-likeness (QED) is 0.870. The van der Waals surface area contributed by atoms with Gasteiger partial charge in [0.2, 0.25) is 0 Å². The second-order valence-corrected chi connectivity index (χ2v) is 7.59. The summed E-state index contributed by atoms with van der Waals surface area (Å²) >= 11 is 1.48. The van der Waals surface area contributed by atoms with Crippen molar-refractivity contribution >= 4 is 33.3 Å². The third kappa shape index (κ3) is 2.32. The van der Waals surface area contributed by atoms with Gasteiger partial charge in [0.15, 0.2) is 0 Å². The van der Waals surface area contributed by atoms with Crippen molar-refractivity contribution in [3.63, 3.8) is 0 Å². The van der Waals surface area contributed by atoms with Gasteiger partial charge in [0.1, 0.15) is 5.54 Å². The molecule has 0 radical (unpaired) electrons. The molecule has 1 aliphatic rings. The van der Waals surface area contributed by atoms with Crippen LogP contribution in [0.5, 0.6) is 0 Å². The monoisotopic (exact) mass is 347 g/mol. The number of carbonyl (C=O) groups excluding carboxylic acids is 1. The van der Waals surface area contributed by atoms with Crippen molar-refractivity contribution in [3.8, 4) is 0 Å². The Morgan fingerprint density at radius 3 is 2.71 bits per heavy atom. The predicted molar refractivity (Wildman–Crippen MR) is 93.5 cm³/mol. The first-order valence-electron chi connectivity index (χ1n) is 7.97. The molecule has 1 saturated carbocycles. The van der Waals surface area contributed by atoms with Crippen LogP contribution in [0.2, 0.25) is 0 Å². The first-order valence-corrected chi connectivity index (χ1v) is 8.85. The van der Waals surface area contributed by atoms with Gasteiger partial charge in [0.05, 0.1) is 11.7 Å². The number of carbonyl (C=O) groups is 2. The van der Waals surface area contributed by atoms with Crippen LogP contribution in [0.4, 0.5) is 0 Å². The van der Waals surface area contributed by atoms with Gasteiger partial charge in [-0.1, -0.05) is 32.0 Å². The zero-order valence-electron chi connectivity index (χ0n) is 14.0. The van der Waals surface area contributed by atoms with Crippen LogP contribution in [0.3, 0.4) is 0 Å². The molecular weight excluding hydrogens is 326 g/mol. The van der Waals surface area contributed by atoms with E-state index in [0.717, 1.165) is 10.1 Å². The van der Waals surface area contributed by atoms with E-state index < -0.39 is 16.9 Å². The Kier molecular flexibility index (Phi) is 4.13. The van der Waals surface area contributed by atoms with Gasteiger partial charge in [-0.05, 0) is 13.0 Å². The Labute approximate surface area is 144 Å². The van der Waals surface area contributed by atoms with Crippen LogP contribution in [0.1, 0.15) is 37.6 Å². The van der Waals surface area contributed by atoms with E-state index in [1.807, 2.05) is 45.0 Å². The van der Waals surface area contributed by atoms with Gasteiger partial charge in [-0.25, -0.2) is 4.79 Å². The highest BCUT2D eigenvalue weighted by Crippen LogP contribution is 2.51. The minimum Gasteiger partial charge on any atom is -0.479 e. The molecule has 0 aliphatic heterocycles. The Morgan fingerprint density at radius 2 is 2.08 bits per heavy atom.